The summed E-state index contributed by atoms with van der Waals surface area (Å²) in [4.78, 5) is 11.3. The smallest absolute Gasteiger partial charge is 0.234 e. The van der Waals surface area contributed by atoms with E-state index in [1.807, 2.05) is 11.8 Å². The van der Waals surface area contributed by atoms with Crippen molar-refractivity contribution in [3.63, 3.8) is 0 Å². The first-order valence-electron chi connectivity index (χ1n) is 4.95. The lowest BCUT2D eigenvalue weighted by Gasteiger charge is -2.11. The van der Waals surface area contributed by atoms with Gasteiger partial charge in [-0.15, -0.1) is 0 Å². The third-order valence-corrected chi connectivity index (χ3v) is 3.59. The molecule has 1 unspecified atom stereocenters. The summed E-state index contributed by atoms with van der Waals surface area (Å²) >= 11 is 1.93. The Kier molecular flexibility index (Phi) is 3.11. The number of carbonyl (C=O) groups excluding carboxylic acids is 1. The van der Waals surface area contributed by atoms with Crippen molar-refractivity contribution in [3.8, 4) is 0 Å². The van der Waals surface area contributed by atoms with Crippen molar-refractivity contribution in [3.05, 3.63) is 0 Å². The molecule has 0 aromatic heterocycles. The lowest BCUT2D eigenvalue weighted by atomic mass is 10.2. The van der Waals surface area contributed by atoms with E-state index in [1.165, 1.54) is 18.6 Å². The second-order valence-corrected chi connectivity index (χ2v) is 4.93. The van der Waals surface area contributed by atoms with Crippen molar-refractivity contribution in [2.75, 3.05) is 18.1 Å². The van der Waals surface area contributed by atoms with E-state index in [0.29, 0.717) is 18.6 Å². The molecule has 0 spiro atoms. The van der Waals surface area contributed by atoms with Crippen molar-refractivity contribution in [1.29, 1.82) is 0 Å². The Morgan fingerprint density at radius 3 is 2.77 bits per heavy atom. The standard InChI is InChI=1S/C9H16N2OS/c12-9(5-10-7-1-2-7)11-8-3-4-13-6-8/h7-8,10H,1-6H2,(H,11,12). The summed E-state index contributed by atoms with van der Waals surface area (Å²) in [6.45, 7) is 0.506. The molecule has 1 saturated heterocycles. The molecular formula is C9H16N2OS. The van der Waals surface area contributed by atoms with Crippen molar-refractivity contribution in [1.82, 2.24) is 10.6 Å². The van der Waals surface area contributed by atoms with Crippen LogP contribution in [0, 0.1) is 0 Å². The molecule has 2 N–H and O–H groups in total. The maximum Gasteiger partial charge on any atom is 0.234 e. The Balaban J connectivity index is 1.59. The van der Waals surface area contributed by atoms with Gasteiger partial charge in [0.2, 0.25) is 5.91 Å². The zero-order valence-corrected chi connectivity index (χ0v) is 8.53. The van der Waals surface area contributed by atoms with Gasteiger partial charge in [-0.2, -0.15) is 11.8 Å². The van der Waals surface area contributed by atoms with Gasteiger partial charge in [0.15, 0.2) is 0 Å². The van der Waals surface area contributed by atoms with E-state index in [0.717, 1.165) is 12.2 Å². The van der Waals surface area contributed by atoms with Crippen LogP contribution in [0.15, 0.2) is 0 Å². The van der Waals surface area contributed by atoms with E-state index in [2.05, 4.69) is 10.6 Å². The Morgan fingerprint density at radius 1 is 1.31 bits per heavy atom. The summed E-state index contributed by atoms with van der Waals surface area (Å²) in [5.41, 5.74) is 0. The molecule has 2 rings (SSSR count). The summed E-state index contributed by atoms with van der Waals surface area (Å²) in [5, 5.41) is 6.25. The van der Waals surface area contributed by atoms with E-state index in [9.17, 15) is 4.79 Å². The minimum atomic E-state index is 0.166. The largest absolute Gasteiger partial charge is 0.351 e. The third kappa shape index (κ3) is 3.19. The van der Waals surface area contributed by atoms with Crippen LogP contribution < -0.4 is 10.6 Å². The van der Waals surface area contributed by atoms with Gasteiger partial charge in [-0.25, -0.2) is 0 Å². The highest BCUT2D eigenvalue weighted by atomic mass is 32.2. The van der Waals surface area contributed by atoms with Crippen LogP contribution in [-0.2, 0) is 4.79 Å². The summed E-state index contributed by atoms with van der Waals surface area (Å²) in [6, 6.07) is 1.06. The predicted molar refractivity (Wildman–Crippen MR) is 54.9 cm³/mol. The van der Waals surface area contributed by atoms with E-state index in [4.69, 9.17) is 0 Å². The minimum Gasteiger partial charge on any atom is -0.351 e. The Labute approximate surface area is 83.0 Å². The molecule has 1 aliphatic carbocycles. The average molecular weight is 200 g/mol. The van der Waals surface area contributed by atoms with Crippen LogP contribution in [0.5, 0.6) is 0 Å². The second kappa shape index (κ2) is 4.33. The molecule has 1 aliphatic heterocycles. The molecule has 0 aromatic carbocycles. The van der Waals surface area contributed by atoms with Crippen LogP contribution in [-0.4, -0.2) is 36.0 Å². The van der Waals surface area contributed by atoms with E-state index in [1.54, 1.807) is 0 Å². The van der Waals surface area contributed by atoms with Gasteiger partial charge in [0.1, 0.15) is 0 Å². The van der Waals surface area contributed by atoms with Crippen molar-refractivity contribution in [2.24, 2.45) is 0 Å². The quantitative estimate of drug-likeness (QED) is 0.688. The number of amides is 1. The summed E-state index contributed by atoms with van der Waals surface area (Å²) in [6.07, 6.45) is 3.62. The molecule has 2 aliphatic rings. The molecule has 1 amide bonds. The van der Waals surface area contributed by atoms with E-state index < -0.39 is 0 Å². The van der Waals surface area contributed by atoms with E-state index in [-0.39, 0.29) is 5.91 Å². The molecule has 1 saturated carbocycles. The number of hydrogen-bond acceptors (Lipinski definition) is 3. The molecule has 2 fully saturated rings. The monoisotopic (exact) mass is 200 g/mol. The lowest BCUT2D eigenvalue weighted by Crippen LogP contribution is -2.40. The number of thioether (sulfide) groups is 1. The van der Waals surface area contributed by atoms with Gasteiger partial charge in [-0.3, -0.25) is 4.79 Å². The molecule has 3 nitrogen and oxygen atoms in total. The molecule has 0 bridgehead atoms. The molecule has 1 atom stereocenters. The predicted octanol–water partition coefficient (Wildman–Crippen LogP) is 0.360. The normalized spacial score (nSPS) is 27.5. The highest BCUT2D eigenvalue weighted by molar-refractivity contribution is 7.99. The summed E-state index contributed by atoms with van der Waals surface area (Å²) in [7, 11) is 0. The molecule has 4 heteroatoms. The van der Waals surface area contributed by atoms with Crippen molar-refractivity contribution >= 4 is 17.7 Å². The van der Waals surface area contributed by atoms with Crippen molar-refractivity contribution < 1.29 is 4.79 Å². The SMILES string of the molecule is O=C(CNC1CC1)NC1CCSC1. The number of nitrogens with one attached hydrogen (secondary N) is 2. The molecule has 0 aromatic rings. The molecule has 1 heterocycles. The summed E-state index contributed by atoms with van der Waals surface area (Å²) < 4.78 is 0. The highest BCUT2D eigenvalue weighted by Crippen LogP contribution is 2.18. The first-order chi connectivity index (χ1) is 6.34. The highest BCUT2D eigenvalue weighted by Gasteiger charge is 2.22. The fraction of sp³-hybridized carbons (Fsp3) is 0.889. The first-order valence-corrected chi connectivity index (χ1v) is 6.10. The number of carbonyl (C=O) groups is 1. The van der Waals surface area contributed by atoms with Gasteiger partial charge in [0.05, 0.1) is 6.54 Å². The molecule has 13 heavy (non-hydrogen) atoms. The Morgan fingerprint density at radius 2 is 2.15 bits per heavy atom. The minimum absolute atomic E-state index is 0.166. The Hall–Kier alpha value is -0.220. The van der Waals surface area contributed by atoms with E-state index >= 15 is 0 Å². The second-order valence-electron chi connectivity index (χ2n) is 3.78. The zero-order chi connectivity index (χ0) is 9.10. The van der Waals surface area contributed by atoms with Gasteiger partial charge in [0.25, 0.3) is 0 Å². The topological polar surface area (TPSA) is 41.1 Å². The van der Waals surface area contributed by atoms with Crippen LogP contribution in [0.4, 0.5) is 0 Å². The molecule has 0 radical (unpaired) electrons. The van der Waals surface area contributed by atoms with Crippen LogP contribution in [0.3, 0.4) is 0 Å². The number of rotatable bonds is 4. The van der Waals surface area contributed by atoms with Gasteiger partial charge < -0.3 is 10.6 Å². The zero-order valence-electron chi connectivity index (χ0n) is 7.71. The van der Waals surface area contributed by atoms with Crippen LogP contribution in [0.2, 0.25) is 0 Å². The fourth-order valence-electron chi connectivity index (χ4n) is 1.45. The maximum atomic E-state index is 11.3. The van der Waals surface area contributed by atoms with Gasteiger partial charge in [-0.05, 0) is 25.0 Å². The average Bonchev–Trinajstić information content (AvgIpc) is 2.82. The Bertz CT molecular complexity index is 188. The van der Waals surface area contributed by atoms with Gasteiger partial charge in [0, 0.05) is 17.8 Å². The third-order valence-electron chi connectivity index (χ3n) is 2.42. The number of hydrogen-bond donors (Lipinski definition) is 2. The van der Waals surface area contributed by atoms with Crippen molar-refractivity contribution in [2.45, 2.75) is 31.3 Å². The van der Waals surface area contributed by atoms with Crippen LogP contribution in [0.1, 0.15) is 19.3 Å². The first kappa shape index (κ1) is 9.34. The van der Waals surface area contributed by atoms with Gasteiger partial charge >= 0.3 is 0 Å². The molecule has 74 valence electrons. The summed E-state index contributed by atoms with van der Waals surface area (Å²) in [5.74, 6) is 2.45. The van der Waals surface area contributed by atoms with Gasteiger partial charge in [-0.1, -0.05) is 0 Å². The van der Waals surface area contributed by atoms with Crippen LogP contribution in [0.25, 0.3) is 0 Å². The van der Waals surface area contributed by atoms with Crippen LogP contribution >= 0.6 is 11.8 Å². The lowest BCUT2D eigenvalue weighted by molar-refractivity contribution is -0.120. The maximum absolute atomic E-state index is 11.3. The fourth-order valence-corrected chi connectivity index (χ4v) is 2.60. The molecular weight excluding hydrogens is 184 g/mol.